The number of fused-ring (bicyclic) bond motifs is 2. The number of aromatic amines is 1. The van der Waals surface area contributed by atoms with Crippen LogP contribution in [0, 0.1) is 13.8 Å². The molecular weight excluding hydrogens is 440 g/mol. The zero-order valence-electron chi connectivity index (χ0n) is 18.6. The number of carboxylic acids is 1. The van der Waals surface area contributed by atoms with Crippen LogP contribution in [0.2, 0.25) is 0 Å². The van der Waals surface area contributed by atoms with Gasteiger partial charge in [0.2, 0.25) is 11.6 Å². The molecule has 10 heteroatoms. The summed E-state index contributed by atoms with van der Waals surface area (Å²) in [6, 6.07) is 8.81. The number of aromatic carboxylic acids is 1. The second kappa shape index (κ2) is 7.68. The van der Waals surface area contributed by atoms with E-state index in [9.17, 15) is 19.2 Å². The number of nitrogens with zero attached hydrogens (tertiary/aromatic N) is 2. The van der Waals surface area contributed by atoms with Gasteiger partial charge in [0.25, 0.3) is 5.56 Å². The van der Waals surface area contributed by atoms with Crippen molar-refractivity contribution in [3.05, 3.63) is 73.6 Å². The predicted octanol–water partition coefficient (Wildman–Crippen LogP) is 2.79. The fourth-order valence-electron chi connectivity index (χ4n) is 4.97. The normalized spacial score (nSPS) is 15.9. The van der Waals surface area contributed by atoms with Crippen LogP contribution in [-0.4, -0.2) is 31.7 Å². The number of benzene rings is 2. The van der Waals surface area contributed by atoms with Gasteiger partial charge in [-0.25, -0.2) is 9.59 Å². The van der Waals surface area contributed by atoms with Crippen molar-refractivity contribution in [2.24, 2.45) is 0 Å². The lowest BCUT2D eigenvalue weighted by molar-refractivity contribution is -0.120. The van der Waals surface area contributed by atoms with Crippen LogP contribution in [0.3, 0.4) is 0 Å². The molecule has 1 aliphatic carbocycles. The number of hydrogen-bond acceptors (Lipinski definition) is 6. The summed E-state index contributed by atoms with van der Waals surface area (Å²) in [6.07, 6.45) is 3.67. The minimum atomic E-state index is -1.53. The zero-order chi connectivity index (χ0) is 24.2. The van der Waals surface area contributed by atoms with E-state index in [0.717, 1.165) is 41.6 Å². The van der Waals surface area contributed by atoms with Gasteiger partial charge in [-0.05, 0) is 73.7 Å². The van der Waals surface area contributed by atoms with Gasteiger partial charge >= 0.3 is 11.7 Å². The maximum atomic E-state index is 12.7. The van der Waals surface area contributed by atoms with Crippen molar-refractivity contribution in [3.63, 3.8) is 0 Å². The monoisotopic (exact) mass is 462 g/mol. The summed E-state index contributed by atoms with van der Waals surface area (Å²) < 4.78 is 7.05. The smallest absolute Gasteiger partial charge is 0.362 e. The average Bonchev–Trinajstić information content (AvgIpc) is 3.37. The van der Waals surface area contributed by atoms with Crippen molar-refractivity contribution in [3.8, 4) is 17.2 Å². The summed E-state index contributed by atoms with van der Waals surface area (Å²) in [5.41, 5.74) is 0.255. The fourth-order valence-corrected chi connectivity index (χ4v) is 4.97. The van der Waals surface area contributed by atoms with E-state index < -0.39 is 28.3 Å². The standard InChI is InChI=1S/C24H22N4O6/c1-12-9-14(28-23(33)26-20(29)18(27-28)21(30)31)10-13(2)19(12)34-15-5-6-17-16(11-15)24(22(32)25-17)7-3-4-8-24/h5-6,9-11H,3-4,7-8H2,1-2H3,(H,25,32)(H,30,31)(H,26,29,33). The molecule has 1 saturated carbocycles. The molecule has 0 atom stereocenters. The number of carboxylic acid groups (broad SMARTS) is 1. The van der Waals surface area contributed by atoms with Crippen LogP contribution in [-0.2, 0) is 10.2 Å². The molecule has 3 aromatic rings. The van der Waals surface area contributed by atoms with Gasteiger partial charge in [0.1, 0.15) is 11.5 Å². The van der Waals surface area contributed by atoms with E-state index in [0.29, 0.717) is 28.3 Å². The summed E-state index contributed by atoms with van der Waals surface area (Å²) in [5.74, 6) is -0.327. The predicted molar refractivity (Wildman–Crippen MR) is 122 cm³/mol. The first-order valence-corrected chi connectivity index (χ1v) is 10.9. The van der Waals surface area contributed by atoms with Crippen LogP contribution in [0.15, 0.2) is 39.9 Å². The van der Waals surface area contributed by atoms with E-state index in [1.54, 1.807) is 32.0 Å². The van der Waals surface area contributed by atoms with E-state index in [-0.39, 0.29) is 5.91 Å². The molecular formula is C24H22N4O6. The third-order valence-electron chi connectivity index (χ3n) is 6.59. The Morgan fingerprint density at radius 3 is 2.41 bits per heavy atom. The van der Waals surface area contributed by atoms with E-state index in [4.69, 9.17) is 9.84 Å². The van der Waals surface area contributed by atoms with Crippen LogP contribution < -0.4 is 21.3 Å². The summed E-state index contributed by atoms with van der Waals surface area (Å²) in [7, 11) is 0. The van der Waals surface area contributed by atoms with Crippen molar-refractivity contribution < 1.29 is 19.4 Å². The molecule has 2 aliphatic rings. The Hall–Kier alpha value is -4.21. The maximum absolute atomic E-state index is 12.7. The van der Waals surface area contributed by atoms with Crippen LogP contribution in [0.1, 0.15) is 52.9 Å². The minimum Gasteiger partial charge on any atom is -0.476 e. The molecule has 1 amide bonds. The Labute approximate surface area is 193 Å². The molecule has 0 saturated heterocycles. The first-order valence-electron chi connectivity index (χ1n) is 10.9. The number of carbonyl (C=O) groups is 2. The van der Waals surface area contributed by atoms with E-state index in [1.165, 1.54) is 0 Å². The first-order chi connectivity index (χ1) is 16.2. The van der Waals surface area contributed by atoms with Crippen LogP contribution in [0.5, 0.6) is 11.5 Å². The number of aromatic nitrogens is 3. The highest BCUT2D eigenvalue weighted by Crippen LogP contribution is 2.50. The second-order valence-electron chi connectivity index (χ2n) is 8.79. The van der Waals surface area contributed by atoms with Gasteiger partial charge in [0, 0.05) is 5.69 Å². The second-order valence-corrected chi connectivity index (χ2v) is 8.79. The highest BCUT2D eigenvalue weighted by atomic mass is 16.5. The van der Waals surface area contributed by atoms with Crippen molar-refractivity contribution in [1.29, 1.82) is 0 Å². The van der Waals surface area contributed by atoms with E-state index >= 15 is 0 Å². The molecule has 1 fully saturated rings. The molecule has 1 aromatic heterocycles. The maximum Gasteiger partial charge on any atom is 0.362 e. The molecule has 34 heavy (non-hydrogen) atoms. The van der Waals surface area contributed by atoms with Gasteiger partial charge in [-0.1, -0.05) is 12.8 Å². The molecule has 0 radical (unpaired) electrons. The van der Waals surface area contributed by atoms with Crippen molar-refractivity contribution in [2.75, 3.05) is 5.32 Å². The number of ether oxygens (including phenoxy) is 1. The number of aryl methyl sites for hydroxylation is 2. The Bertz CT molecular complexity index is 1460. The molecule has 1 spiro atoms. The number of hydrogen-bond donors (Lipinski definition) is 3. The number of anilines is 1. The summed E-state index contributed by atoms with van der Waals surface area (Å²) in [6.45, 7) is 3.58. The third-order valence-corrected chi connectivity index (χ3v) is 6.59. The van der Waals surface area contributed by atoms with Crippen LogP contribution >= 0.6 is 0 Å². The Kier molecular flexibility index (Phi) is 4.89. The van der Waals surface area contributed by atoms with E-state index in [2.05, 4.69) is 10.4 Å². The zero-order valence-corrected chi connectivity index (χ0v) is 18.6. The quantitative estimate of drug-likeness (QED) is 0.541. The third kappa shape index (κ3) is 3.30. The van der Waals surface area contributed by atoms with Crippen molar-refractivity contribution in [1.82, 2.24) is 14.8 Å². The first kappa shape index (κ1) is 21.6. The fraction of sp³-hybridized carbons (Fsp3) is 0.292. The Morgan fingerprint density at radius 1 is 1.09 bits per heavy atom. The lowest BCUT2D eigenvalue weighted by atomic mass is 9.80. The topological polar surface area (TPSA) is 143 Å². The van der Waals surface area contributed by atoms with Crippen LogP contribution in [0.4, 0.5) is 5.69 Å². The number of carbonyl (C=O) groups excluding carboxylic acids is 1. The van der Waals surface area contributed by atoms with Crippen molar-refractivity contribution in [2.45, 2.75) is 44.9 Å². The largest absolute Gasteiger partial charge is 0.476 e. The molecule has 2 aromatic carbocycles. The highest BCUT2D eigenvalue weighted by molar-refractivity contribution is 6.06. The van der Waals surface area contributed by atoms with Gasteiger partial charge in [-0.15, -0.1) is 0 Å². The molecule has 0 bridgehead atoms. The highest BCUT2D eigenvalue weighted by Gasteiger charge is 2.48. The van der Waals surface area contributed by atoms with Gasteiger partial charge in [0.15, 0.2) is 0 Å². The SMILES string of the molecule is Cc1cc(-n2nc(C(=O)O)c(=O)[nH]c2=O)cc(C)c1Oc1ccc2c(c1)C1(CCCC1)C(=O)N2. The van der Waals surface area contributed by atoms with Gasteiger partial charge in [0.05, 0.1) is 11.1 Å². The summed E-state index contributed by atoms with van der Waals surface area (Å²) in [5, 5.41) is 15.9. The minimum absolute atomic E-state index is 0.0495. The van der Waals surface area contributed by atoms with Gasteiger partial charge in [-0.3, -0.25) is 14.6 Å². The molecule has 5 rings (SSSR count). The Morgan fingerprint density at radius 2 is 1.76 bits per heavy atom. The number of nitrogens with one attached hydrogen (secondary N) is 2. The van der Waals surface area contributed by atoms with E-state index in [1.807, 2.05) is 17.1 Å². The molecule has 10 nitrogen and oxygen atoms in total. The molecule has 174 valence electrons. The number of rotatable bonds is 4. The lowest BCUT2D eigenvalue weighted by Gasteiger charge is -2.21. The molecule has 1 aliphatic heterocycles. The summed E-state index contributed by atoms with van der Waals surface area (Å²) >= 11 is 0. The average molecular weight is 462 g/mol. The molecule has 0 unspecified atom stereocenters. The molecule has 3 N–H and O–H groups in total. The van der Waals surface area contributed by atoms with Gasteiger partial charge in [-0.2, -0.15) is 9.78 Å². The van der Waals surface area contributed by atoms with Gasteiger partial charge < -0.3 is 15.2 Å². The summed E-state index contributed by atoms with van der Waals surface area (Å²) in [4.78, 5) is 49.9. The van der Waals surface area contributed by atoms with Crippen LogP contribution in [0.25, 0.3) is 5.69 Å². The lowest BCUT2D eigenvalue weighted by Crippen LogP contribution is -2.35. The number of H-pyrrole nitrogens is 1. The molecule has 2 heterocycles. The van der Waals surface area contributed by atoms with Crippen molar-refractivity contribution >= 4 is 17.6 Å². The number of amides is 1. The Balaban J connectivity index is 1.51.